The molecule has 0 bridgehead atoms. The quantitative estimate of drug-likeness (QED) is 0.874. The van der Waals surface area contributed by atoms with Gasteiger partial charge in [-0.05, 0) is 42.5 Å². The van der Waals surface area contributed by atoms with Crippen LogP contribution in [0.5, 0.6) is 0 Å². The number of thiophene rings is 1. The molecule has 0 aliphatic carbocycles. The molecule has 4 heterocycles. The number of aromatic carboxylic acids is 1. The highest BCUT2D eigenvalue weighted by atomic mass is 32.1. The number of ether oxygens (including phenoxy) is 1. The fourth-order valence-electron chi connectivity index (χ4n) is 4.01. The van der Waals surface area contributed by atoms with Crippen LogP contribution < -0.4 is 0 Å². The maximum atomic E-state index is 12.6. The van der Waals surface area contributed by atoms with E-state index in [1.54, 1.807) is 18.5 Å². The minimum Gasteiger partial charge on any atom is -0.477 e. The number of carboxylic acid groups (broad SMARTS) is 1. The molecule has 0 aromatic carbocycles. The Morgan fingerprint density at radius 3 is 2.85 bits per heavy atom. The zero-order valence-electron chi connectivity index (χ0n) is 15.0. The Labute approximate surface area is 161 Å². The molecule has 2 aromatic rings. The summed E-state index contributed by atoms with van der Waals surface area (Å²) >= 11 is 1.36. The first-order valence-corrected chi connectivity index (χ1v) is 10.1. The van der Waals surface area contributed by atoms with E-state index in [1.165, 1.54) is 11.3 Å². The summed E-state index contributed by atoms with van der Waals surface area (Å²) in [5, 5.41) is 9.30. The summed E-state index contributed by atoms with van der Waals surface area (Å²) in [6, 6.07) is 5.65. The molecule has 2 aliphatic heterocycles. The summed E-state index contributed by atoms with van der Waals surface area (Å²) in [7, 11) is 0. The number of fused-ring (bicyclic) bond motifs is 2. The van der Waals surface area contributed by atoms with Crippen molar-refractivity contribution < 1.29 is 19.4 Å². The fraction of sp³-hybridized carbons (Fsp3) is 0.450. The van der Waals surface area contributed by atoms with Gasteiger partial charge in [0.2, 0.25) is 5.91 Å². The molecule has 27 heavy (non-hydrogen) atoms. The molecule has 0 radical (unpaired) electrons. The van der Waals surface area contributed by atoms with Crippen LogP contribution in [-0.4, -0.2) is 46.6 Å². The maximum absolute atomic E-state index is 12.6. The van der Waals surface area contributed by atoms with Gasteiger partial charge in [0.1, 0.15) is 4.88 Å². The maximum Gasteiger partial charge on any atom is 0.345 e. The number of nitrogens with zero attached hydrogens (tertiary/aromatic N) is 2. The summed E-state index contributed by atoms with van der Waals surface area (Å²) < 4.78 is 6.15. The summed E-state index contributed by atoms with van der Waals surface area (Å²) in [4.78, 5) is 31.4. The van der Waals surface area contributed by atoms with Crippen molar-refractivity contribution in [2.24, 2.45) is 0 Å². The second-order valence-electron chi connectivity index (χ2n) is 7.09. The molecule has 4 rings (SSSR count). The van der Waals surface area contributed by atoms with Gasteiger partial charge in [-0.2, -0.15) is 0 Å². The third-order valence-corrected chi connectivity index (χ3v) is 6.68. The second kappa shape index (κ2) is 7.40. The van der Waals surface area contributed by atoms with E-state index in [0.29, 0.717) is 50.3 Å². The molecule has 1 N–H and O–H groups in total. The van der Waals surface area contributed by atoms with Crippen LogP contribution in [0.25, 0.3) is 0 Å². The van der Waals surface area contributed by atoms with Crippen molar-refractivity contribution in [2.75, 3.05) is 19.7 Å². The third-order valence-electron chi connectivity index (χ3n) is 5.49. The lowest BCUT2D eigenvalue weighted by Gasteiger charge is -2.44. The molecular formula is C20H22N2O4S. The van der Waals surface area contributed by atoms with E-state index < -0.39 is 11.6 Å². The first-order chi connectivity index (χ1) is 13.1. The van der Waals surface area contributed by atoms with Crippen LogP contribution in [0, 0.1) is 0 Å². The van der Waals surface area contributed by atoms with Crippen LogP contribution in [0.15, 0.2) is 30.6 Å². The smallest absolute Gasteiger partial charge is 0.345 e. The normalized spacial score (nSPS) is 18.3. The van der Waals surface area contributed by atoms with Gasteiger partial charge in [0.15, 0.2) is 0 Å². The van der Waals surface area contributed by atoms with Gasteiger partial charge in [0.05, 0.1) is 12.2 Å². The largest absolute Gasteiger partial charge is 0.477 e. The Morgan fingerprint density at radius 1 is 1.33 bits per heavy atom. The lowest BCUT2D eigenvalue weighted by atomic mass is 9.82. The SMILES string of the molecule is O=C(O)c1cc2c(s1)CCOC21CCN(C(=O)CCc2cccnc2)CC1. The van der Waals surface area contributed by atoms with Crippen molar-refractivity contribution in [1.29, 1.82) is 0 Å². The standard InChI is InChI=1S/C20H22N2O4S/c23-18(4-3-14-2-1-8-21-13-14)22-9-6-20(7-10-22)15-12-17(19(24)25)27-16(15)5-11-26-20/h1-2,8,12-13H,3-7,9-11H2,(H,24,25). The molecule has 142 valence electrons. The van der Waals surface area contributed by atoms with E-state index in [0.717, 1.165) is 22.4 Å². The summed E-state index contributed by atoms with van der Waals surface area (Å²) in [6.07, 6.45) is 6.90. The van der Waals surface area contributed by atoms with Crippen LogP contribution in [0.3, 0.4) is 0 Å². The molecular weight excluding hydrogens is 364 g/mol. The van der Waals surface area contributed by atoms with Crippen molar-refractivity contribution in [1.82, 2.24) is 9.88 Å². The Bertz CT molecular complexity index is 841. The van der Waals surface area contributed by atoms with Crippen LogP contribution in [-0.2, 0) is 28.0 Å². The minimum absolute atomic E-state index is 0.154. The predicted octanol–water partition coefficient (Wildman–Crippen LogP) is 2.86. The Morgan fingerprint density at radius 2 is 2.15 bits per heavy atom. The number of amides is 1. The van der Waals surface area contributed by atoms with E-state index in [4.69, 9.17) is 4.74 Å². The number of rotatable bonds is 4. The van der Waals surface area contributed by atoms with Crippen LogP contribution in [0.1, 0.15) is 44.9 Å². The minimum atomic E-state index is -0.882. The van der Waals surface area contributed by atoms with E-state index in [-0.39, 0.29) is 5.91 Å². The number of piperidine rings is 1. The summed E-state index contributed by atoms with van der Waals surface area (Å²) in [5.41, 5.74) is 1.66. The fourth-order valence-corrected chi connectivity index (χ4v) is 5.08. The first kappa shape index (κ1) is 18.1. The molecule has 6 nitrogen and oxygen atoms in total. The number of carbonyl (C=O) groups excluding carboxylic acids is 1. The van der Waals surface area contributed by atoms with E-state index >= 15 is 0 Å². The molecule has 1 fully saturated rings. The van der Waals surface area contributed by atoms with Gasteiger partial charge in [-0.25, -0.2) is 4.79 Å². The van der Waals surface area contributed by atoms with E-state index in [1.807, 2.05) is 17.0 Å². The van der Waals surface area contributed by atoms with Gasteiger partial charge in [0, 0.05) is 43.2 Å². The lowest BCUT2D eigenvalue weighted by Crippen LogP contribution is -2.48. The zero-order valence-corrected chi connectivity index (χ0v) is 15.8. The van der Waals surface area contributed by atoms with Crippen molar-refractivity contribution in [2.45, 2.75) is 37.7 Å². The van der Waals surface area contributed by atoms with Gasteiger partial charge in [-0.3, -0.25) is 9.78 Å². The molecule has 7 heteroatoms. The Hall–Kier alpha value is -2.25. The predicted molar refractivity (Wildman–Crippen MR) is 101 cm³/mol. The molecule has 1 saturated heterocycles. The number of carbonyl (C=O) groups is 2. The Kier molecular flexibility index (Phi) is 4.97. The molecule has 2 aromatic heterocycles. The second-order valence-corrected chi connectivity index (χ2v) is 8.22. The van der Waals surface area contributed by atoms with Crippen molar-refractivity contribution >= 4 is 23.2 Å². The lowest BCUT2D eigenvalue weighted by molar-refractivity contribution is -0.140. The number of aromatic nitrogens is 1. The topological polar surface area (TPSA) is 79.7 Å². The highest BCUT2D eigenvalue weighted by Gasteiger charge is 2.43. The van der Waals surface area contributed by atoms with Gasteiger partial charge >= 0.3 is 5.97 Å². The average Bonchev–Trinajstić information content (AvgIpc) is 3.14. The van der Waals surface area contributed by atoms with E-state index in [9.17, 15) is 14.7 Å². The van der Waals surface area contributed by atoms with E-state index in [2.05, 4.69) is 4.98 Å². The van der Waals surface area contributed by atoms with Gasteiger partial charge < -0.3 is 14.7 Å². The highest BCUT2D eigenvalue weighted by Crippen LogP contribution is 2.44. The molecule has 1 spiro atoms. The van der Waals surface area contributed by atoms with Crippen molar-refractivity contribution in [3.63, 3.8) is 0 Å². The average molecular weight is 386 g/mol. The summed E-state index contributed by atoms with van der Waals surface area (Å²) in [6.45, 7) is 1.90. The number of aryl methyl sites for hydroxylation is 1. The van der Waals surface area contributed by atoms with Crippen LogP contribution >= 0.6 is 11.3 Å². The van der Waals surface area contributed by atoms with Crippen LogP contribution in [0.2, 0.25) is 0 Å². The molecule has 2 aliphatic rings. The van der Waals surface area contributed by atoms with Crippen molar-refractivity contribution in [3.05, 3.63) is 51.5 Å². The van der Waals surface area contributed by atoms with Crippen molar-refractivity contribution in [3.8, 4) is 0 Å². The zero-order chi connectivity index (χ0) is 18.9. The first-order valence-electron chi connectivity index (χ1n) is 9.24. The highest BCUT2D eigenvalue weighted by molar-refractivity contribution is 7.14. The molecule has 0 saturated carbocycles. The van der Waals surface area contributed by atoms with Gasteiger partial charge in [-0.15, -0.1) is 11.3 Å². The van der Waals surface area contributed by atoms with Crippen LogP contribution in [0.4, 0.5) is 0 Å². The number of pyridine rings is 1. The number of likely N-dealkylation sites (tertiary alicyclic amines) is 1. The molecule has 0 unspecified atom stereocenters. The summed E-state index contributed by atoms with van der Waals surface area (Å²) in [5.74, 6) is -0.728. The van der Waals surface area contributed by atoms with Gasteiger partial charge in [-0.1, -0.05) is 6.07 Å². The molecule has 1 amide bonds. The molecule has 0 atom stereocenters. The Balaban J connectivity index is 1.40. The third kappa shape index (κ3) is 3.61. The number of hydrogen-bond acceptors (Lipinski definition) is 5. The number of hydrogen-bond donors (Lipinski definition) is 1. The monoisotopic (exact) mass is 386 g/mol. The van der Waals surface area contributed by atoms with Gasteiger partial charge in [0.25, 0.3) is 0 Å². The number of carboxylic acids is 1.